The number of carbonyl (C=O) groups excluding carboxylic acids is 1. The summed E-state index contributed by atoms with van der Waals surface area (Å²) in [5, 5.41) is 8.69. The van der Waals surface area contributed by atoms with Crippen molar-refractivity contribution in [3.63, 3.8) is 0 Å². The summed E-state index contributed by atoms with van der Waals surface area (Å²) >= 11 is -1.98. The molecule has 32 heavy (non-hydrogen) atoms. The molecule has 4 aromatic carbocycles. The Bertz CT molecular complexity index is 1050. The molecule has 0 amide bonds. The minimum absolute atomic E-state index is 0.0160. The van der Waals surface area contributed by atoms with Crippen molar-refractivity contribution in [3.05, 3.63) is 121 Å². The third kappa shape index (κ3) is 6.56. The Morgan fingerprint density at radius 2 is 1.00 bits per heavy atom. The van der Waals surface area contributed by atoms with E-state index in [0.29, 0.717) is 0 Å². The predicted octanol–water partition coefficient (Wildman–Crippen LogP) is 3.51. The Labute approximate surface area is 194 Å². The van der Waals surface area contributed by atoms with Gasteiger partial charge in [-0.2, -0.15) is 0 Å². The van der Waals surface area contributed by atoms with E-state index in [4.69, 9.17) is 5.11 Å². The number of aromatic carboxylic acids is 1. The number of carbonyl (C=O) groups is 2. The molecule has 1 N–H and O–H groups in total. The summed E-state index contributed by atoms with van der Waals surface area (Å²) in [5.41, 5.74) is -0.0160. The number of ether oxygens (including phenoxy) is 1. The molecule has 1 radical (unpaired) electrons. The van der Waals surface area contributed by atoms with Crippen molar-refractivity contribution in [2.24, 2.45) is 0 Å². The van der Waals surface area contributed by atoms with Crippen molar-refractivity contribution in [2.75, 3.05) is 0 Å². The minimum atomic E-state index is -1.98. The third-order valence-electron chi connectivity index (χ3n) is 4.56. The number of hydrogen-bond donors (Lipinski definition) is 1. The van der Waals surface area contributed by atoms with E-state index in [-0.39, 0.29) is 11.3 Å². The summed E-state index contributed by atoms with van der Waals surface area (Å²) in [7, 11) is 0. The molecular formula is C27H23O4Sn. The normalized spacial score (nSPS) is 10.1. The SMILES string of the molecule is CC(=O)Oc1ccccc1C(=O)O.c1cc[c]([Sn]([c]2ccccc2)[c]2ccccc2)cc1. The van der Waals surface area contributed by atoms with E-state index in [1.807, 2.05) is 0 Å². The van der Waals surface area contributed by atoms with Crippen LogP contribution in [0.3, 0.4) is 0 Å². The number of carboxylic acids is 1. The number of rotatable bonds is 5. The van der Waals surface area contributed by atoms with Crippen LogP contribution in [0.25, 0.3) is 0 Å². The maximum absolute atomic E-state index is 10.6. The summed E-state index contributed by atoms with van der Waals surface area (Å²) in [5.74, 6) is -1.58. The first-order valence-corrected chi connectivity index (χ1v) is 14.4. The van der Waals surface area contributed by atoms with Crippen LogP contribution in [0.2, 0.25) is 0 Å². The van der Waals surface area contributed by atoms with Crippen LogP contribution in [0.5, 0.6) is 5.75 Å². The molecule has 0 heterocycles. The number of esters is 1. The first-order chi connectivity index (χ1) is 15.6. The van der Waals surface area contributed by atoms with Crippen LogP contribution in [-0.2, 0) is 4.79 Å². The monoisotopic (exact) mass is 531 g/mol. The Hall–Kier alpha value is -3.38. The molecule has 0 atom stereocenters. The quantitative estimate of drug-likeness (QED) is 0.244. The van der Waals surface area contributed by atoms with Crippen LogP contribution < -0.4 is 15.5 Å². The molecule has 0 fully saturated rings. The standard InChI is InChI=1S/C9H8O4.3C6H5.Sn/c1-6(10)13-8-5-3-2-4-7(8)9(11)12;3*1-2-4-6-5-3-1;/h2-5H,1H3,(H,11,12);3*1-5H;. The van der Waals surface area contributed by atoms with Gasteiger partial charge in [0.05, 0.1) is 0 Å². The second kappa shape index (κ2) is 11.9. The number of benzene rings is 4. The van der Waals surface area contributed by atoms with Crippen LogP contribution in [0, 0.1) is 0 Å². The summed E-state index contributed by atoms with van der Waals surface area (Å²) < 4.78 is 9.28. The van der Waals surface area contributed by atoms with Gasteiger partial charge in [-0.05, 0) is 12.1 Å². The molecule has 5 heteroatoms. The summed E-state index contributed by atoms with van der Waals surface area (Å²) in [6.07, 6.45) is 0. The fourth-order valence-corrected chi connectivity index (χ4v) is 10.6. The molecule has 0 saturated heterocycles. The zero-order valence-corrected chi connectivity index (χ0v) is 20.5. The van der Waals surface area contributed by atoms with Crippen LogP contribution >= 0.6 is 0 Å². The molecular weight excluding hydrogens is 507 g/mol. The zero-order chi connectivity index (χ0) is 22.8. The molecule has 0 aromatic heterocycles. The Balaban J connectivity index is 0.000000195. The van der Waals surface area contributed by atoms with Crippen LogP contribution in [-0.4, -0.2) is 36.8 Å². The molecule has 159 valence electrons. The Morgan fingerprint density at radius 1 is 0.625 bits per heavy atom. The van der Waals surface area contributed by atoms with E-state index in [0.717, 1.165) is 0 Å². The van der Waals surface area contributed by atoms with Crippen molar-refractivity contribution in [1.29, 1.82) is 0 Å². The Kier molecular flexibility index (Phi) is 8.63. The zero-order valence-electron chi connectivity index (χ0n) is 17.6. The molecule has 4 aromatic rings. The van der Waals surface area contributed by atoms with Crippen molar-refractivity contribution in [3.8, 4) is 5.75 Å². The van der Waals surface area contributed by atoms with E-state index in [2.05, 4.69) is 95.7 Å². The fourth-order valence-electron chi connectivity index (χ4n) is 3.20. The van der Waals surface area contributed by atoms with Gasteiger partial charge in [-0.3, -0.25) is 4.79 Å². The Morgan fingerprint density at radius 3 is 1.38 bits per heavy atom. The van der Waals surface area contributed by atoms with Crippen molar-refractivity contribution >= 4 is 42.4 Å². The van der Waals surface area contributed by atoms with Gasteiger partial charge in [-0.25, -0.2) is 4.79 Å². The number of hydrogen-bond acceptors (Lipinski definition) is 3. The van der Waals surface area contributed by atoms with Crippen molar-refractivity contribution in [2.45, 2.75) is 6.92 Å². The average molecular weight is 530 g/mol. The molecule has 0 saturated carbocycles. The second-order valence-corrected chi connectivity index (χ2v) is 14.0. The van der Waals surface area contributed by atoms with E-state index >= 15 is 0 Å². The summed E-state index contributed by atoms with van der Waals surface area (Å²) in [6.45, 7) is 1.22. The topological polar surface area (TPSA) is 63.6 Å². The predicted molar refractivity (Wildman–Crippen MR) is 129 cm³/mol. The third-order valence-corrected chi connectivity index (χ3v) is 12.4. The van der Waals surface area contributed by atoms with Gasteiger partial charge >= 0.3 is 133 Å². The van der Waals surface area contributed by atoms with Crippen molar-refractivity contribution < 1.29 is 19.4 Å². The van der Waals surface area contributed by atoms with E-state index in [1.54, 1.807) is 12.1 Å². The molecule has 0 aliphatic heterocycles. The van der Waals surface area contributed by atoms with Gasteiger partial charge in [0.25, 0.3) is 0 Å². The molecule has 4 rings (SSSR count). The molecule has 0 spiro atoms. The van der Waals surface area contributed by atoms with E-state index < -0.39 is 31.7 Å². The first-order valence-electron chi connectivity index (χ1n) is 10.1. The maximum atomic E-state index is 10.6. The van der Waals surface area contributed by atoms with Crippen LogP contribution in [0.1, 0.15) is 17.3 Å². The molecule has 0 aliphatic carbocycles. The van der Waals surface area contributed by atoms with Gasteiger partial charge < -0.3 is 9.84 Å². The number of para-hydroxylation sites is 1. The summed E-state index contributed by atoms with van der Waals surface area (Å²) in [6, 6.07) is 38.9. The van der Waals surface area contributed by atoms with Gasteiger partial charge in [0, 0.05) is 6.92 Å². The van der Waals surface area contributed by atoms with E-state index in [1.165, 1.54) is 29.8 Å². The number of carboxylic acid groups (broad SMARTS) is 1. The molecule has 0 aliphatic rings. The van der Waals surface area contributed by atoms with Gasteiger partial charge in [0.1, 0.15) is 11.3 Å². The van der Waals surface area contributed by atoms with Crippen LogP contribution in [0.4, 0.5) is 0 Å². The van der Waals surface area contributed by atoms with Crippen LogP contribution in [0.15, 0.2) is 115 Å². The molecule has 0 unspecified atom stereocenters. The first kappa shape index (κ1) is 23.3. The second-order valence-electron chi connectivity index (χ2n) is 6.87. The summed E-state index contributed by atoms with van der Waals surface area (Å²) in [4.78, 5) is 21.2. The molecule has 4 nitrogen and oxygen atoms in total. The van der Waals surface area contributed by atoms with Gasteiger partial charge in [-0.15, -0.1) is 0 Å². The fraction of sp³-hybridized carbons (Fsp3) is 0.0370. The van der Waals surface area contributed by atoms with Gasteiger partial charge in [-0.1, -0.05) is 12.1 Å². The van der Waals surface area contributed by atoms with E-state index in [9.17, 15) is 9.59 Å². The molecule has 0 bridgehead atoms. The van der Waals surface area contributed by atoms with Gasteiger partial charge in [0.2, 0.25) is 0 Å². The van der Waals surface area contributed by atoms with Crippen molar-refractivity contribution in [1.82, 2.24) is 0 Å². The van der Waals surface area contributed by atoms with Gasteiger partial charge in [0.15, 0.2) is 0 Å². The average Bonchev–Trinajstić information content (AvgIpc) is 2.82.